The molecule has 1 heterocycles. The van der Waals surface area contributed by atoms with Gasteiger partial charge in [-0.25, -0.2) is 4.39 Å². The minimum atomic E-state index is -1.65. The zero-order valence-corrected chi connectivity index (χ0v) is 11.5. The van der Waals surface area contributed by atoms with Crippen LogP contribution in [0.25, 0.3) is 0 Å². The molecule has 0 bridgehead atoms. The minimum Gasteiger partial charge on any atom is -0.465 e. The fourth-order valence-electron chi connectivity index (χ4n) is 2.04. The van der Waals surface area contributed by atoms with Gasteiger partial charge in [0.25, 0.3) is 0 Å². The average Bonchev–Trinajstić information content (AvgIpc) is 2.77. The van der Waals surface area contributed by atoms with E-state index in [0.717, 1.165) is 17.6 Å². The van der Waals surface area contributed by atoms with Gasteiger partial charge in [-0.15, -0.1) is 0 Å². The molecule has 0 atom stereocenters. The van der Waals surface area contributed by atoms with Crippen LogP contribution in [0.3, 0.4) is 0 Å². The lowest BCUT2D eigenvalue weighted by Crippen LogP contribution is -2.30. The van der Waals surface area contributed by atoms with Gasteiger partial charge in [-0.2, -0.15) is 0 Å². The second-order valence-electron chi connectivity index (χ2n) is 4.91. The molecule has 0 fully saturated rings. The molecule has 106 valence electrons. The van der Waals surface area contributed by atoms with Crippen LogP contribution in [0.2, 0.25) is 0 Å². The van der Waals surface area contributed by atoms with Crippen LogP contribution in [-0.2, 0) is 13.1 Å². The number of benzene rings is 1. The molecule has 0 spiro atoms. The Hall–Kier alpha value is -1.63. The lowest BCUT2D eigenvalue weighted by molar-refractivity contribution is 0.281. The van der Waals surface area contributed by atoms with E-state index in [2.05, 4.69) is 0 Å². The highest BCUT2D eigenvalue weighted by molar-refractivity contribution is 6.58. The number of hydrogen-bond donors (Lipinski definition) is 2. The van der Waals surface area contributed by atoms with Crippen molar-refractivity contribution in [2.45, 2.75) is 20.0 Å². The Bertz CT molecular complexity index is 586. The predicted octanol–water partition coefficient (Wildman–Crippen LogP) is 1.04. The predicted molar refractivity (Wildman–Crippen MR) is 74.8 cm³/mol. The molecule has 0 radical (unpaired) electrons. The van der Waals surface area contributed by atoms with E-state index >= 15 is 0 Å². The molecular formula is C14H17BFNO3. The van der Waals surface area contributed by atoms with Crippen molar-refractivity contribution in [1.29, 1.82) is 0 Å². The molecule has 1 aromatic heterocycles. The third kappa shape index (κ3) is 3.69. The Morgan fingerprint density at radius 1 is 1.20 bits per heavy atom. The summed E-state index contributed by atoms with van der Waals surface area (Å²) < 4.78 is 19.3. The molecule has 2 rings (SSSR count). The molecule has 2 N–H and O–H groups in total. The van der Waals surface area contributed by atoms with Crippen LogP contribution in [0, 0.1) is 12.7 Å². The third-order valence-electron chi connectivity index (χ3n) is 3.04. The summed E-state index contributed by atoms with van der Waals surface area (Å²) in [6.07, 6.45) is 0. The normalized spacial score (nSPS) is 11.1. The molecule has 4 nitrogen and oxygen atoms in total. The van der Waals surface area contributed by atoms with Gasteiger partial charge < -0.3 is 14.5 Å². The van der Waals surface area contributed by atoms with Gasteiger partial charge in [0.1, 0.15) is 17.3 Å². The number of halogens is 1. The third-order valence-corrected chi connectivity index (χ3v) is 3.04. The largest absolute Gasteiger partial charge is 0.488 e. The summed E-state index contributed by atoms with van der Waals surface area (Å²) in [7, 11) is 0.217. The van der Waals surface area contributed by atoms with Crippen molar-refractivity contribution in [3.63, 3.8) is 0 Å². The van der Waals surface area contributed by atoms with E-state index in [0.29, 0.717) is 18.7 Å². The molecule has 1 aromatic carbocycles. The number of furan rings is 1. The van der Waals surface area contributed by atoms with Crippen LogP contribution in [0.1, 0.15) is 17.1 Å². The zero-order chi connectivity index (χ0) is 14.7. The molecule has 20 heavy (non-hydrogen) atoms. The van der Waals surface area contributed by atoms with Crippen LogP contribution in [0.5, 0.6) is 0 Å². The highest BCUT2D eigenvalue weighted by Crippen LogP contribution is 2.13. The first-order chi connectivity index (χ1) is 9.45. The van der Waals surface area contributed by atoms with Gasteiger partial charge in [0.05, 0.1) is 6.54 Å². The van der Waals surface area contributed by atoms with Crippen molar-refractivity contribution in [3.8, 4) is 0 Å². The van der Waals surface area contributed by atoms with E-state index in [-0.39, 0.29) is 5.46 Å². The van der Waals surface area contributed by atoms with Gasteiger partial charge in [-0.05, 0) is 37.6 Å². The SMILES string of the molecule is Cc1ccc(CN(C)Cc2ccc(B(O)O)cc2F)o1. The molecule has 0 amide bonds. The molecule has 0 unspecified atom stereocenters. The summed E-state index contributed by atoms with van der Waals surface area (Å²) in [4.78, 5) is 1.92. The lowest BCUT2D eigenvalue weighted by Gasteiger charge is -2.16. The Balaban J connectivity index is 2.02. The van der Waals surface area contributed by atoms with Crippen molar-refractivity contribution in [2.75, 3.05) is 7.05 Å². The fourth-order valence-corrected chi connectivity index (χ4v) is 2.04. The van der Waals surface area contributed by atoms with E-state index in [1.165, 1.54) is 6.07 Å². The molecule has 0 saturated carbocycles. The van der Waals surface area contributed by atoms with E-state index < -0.39 is 12.9 Å². The minimum absolute atomic E-state index is 0.149. The van der Waals surface area contributed by atoms with Crippen LogP contribution in [-0.4, -0.2) is 29.1 Å². The second kappa shape index (κ2) is 6.22. The van der Waals surface area contributed by atoms with Gasteiger partial charge in [-0.3, -0.25) is 4.90 Å². The number of hydrogen-bond acceptors (Lipinski definition) is 4. The summed E-state index contributed by atoms with van der Waals surface area (Å²) in [5, 5.41) is 18.0. The molecule has 0 saturated heterocycles. The van der Waals surface area contributed by atoms with Crippen LogP contribution in [0.15, 0.2) is 34.7 Å². The smallest absolute Gasteiger partial charge is 0.465 e. The maximum atomic E-state index is 13.8. The van der Waals surface area contributed by atoms with Gasteiger partial charge in [-0.1, -0.05) is 12.1 Å². The van der Waals surface area contributed by atoms with Crippen molar-refractivity contribution >= 4 is 12.6 Å². The Morgan fingerprint density at radius 3 is 2.50 bits per heavy atom. The maximum absolute atomic E-state index is 13.8. The topological polar surface area (TPSA) is 56.8 Å². The molecule has 0 aliphatic heterocycles. The van der Waals surface area contributed by atoms with E-state index in [9.17, 15) is 4.39 Å². The highest BCUT2D eigenvalue weighted by Gasteiger charge is 2.14. The fraction of sp³-hybridized carbons (Fsp3) is 0.286. The number of rotatable bonds is 5. The highest BCUT2D eigenvalue weighted by atomic mass is 19.1. The van der Waals surface area contributed by atoms with E-state index in [1.54, 1.807) is 6.07 Å². The zero-order valence-electron chi connectivity index (χ0n) is 11.5. The Labute approximate surface area is 117 Å². The van der Waals surface area contributed by atoms with Crippen LogP contribution < -0.4 is 5.46 Å². The second-order valence-corrected chi connectivity index (χ2v) is 4.91. The summed E-state index contributed by atoms with van der Waals surface area (Å²) in [5.74, 6) is 1.23. The van der Waals surface area contributed by atoms with Crippen molar-refractivity contribution in [3.05, 3.63) is 53.2 Å². The van der Waals surface area contributed by atoms with E-state index in [4.69, 9.17) is 14.5 Å². The first-order valence-corrected chi connectivity index (χ1v) is 6.34. The molecule has 6 heteroatoms. The van der Waals surface area contributed by atoms with Gasteiger partial charge in [0.2, 0.25) is 0 Å². The monoisotopic (exact) mass is 277 g/mol. The summed E-state index contributed by atoms with van der Waals surface area (Å²) in [5.41, 5.74) is 0.649. The summed E-state index contributed by atoms with van der Waals surface area (Å²) in [6, 6.07) is 8.00. The van der Waals surface area contributed by atoms with Gasteiger partial charge in [0, 0.05) is 12.1 Å². The molecule has 0 aliphatic carbocycles. The summed E-state index contributed by atoms with van der Waals surface area (Å²) >= 11 is 0. The molecule has 2 aromatic rings. The first kappa shape index (κ1) is 14.8. The van der Waals surface area contributed by atoms with Crippen molar-refractivity contribution in [2.24, 2.45) is 0 Å². The van der Waals surface area contributed by atoms with E-state index in [1.807, 2.05) is 31.0 Å². The summed E-state index contributed by atoms with van der Waals surface area (Å²) in [6.45, 7) is 2.87. The van der Waals surface area contributed by atoms with Crippen molar-refractivity contribution < 1.29 is 18.9 Å². The Kier molecular flexibility index (Phi) is 4.59. The average molecular weight is 277 g/mol. The van der Waals surface area contributed by atoms with Gasteiger partial charge in [0.15, 0.2) is 0 Å². The maximum Gasteiger partial charge on any atom is 0.488 e. The molecular weight excluding hydrogens is 260 g/mol. The number of nitrogens with zero attached hydrogens (tertiary/aromatic N) is 1. The van der Waals surface area contributed by atoms with Crippen LogP contribution in [0.4, 0.5) is 4.39 Å². The van der Waals surface area contributed by atoms with Gasteiger partial charge >= 0.3 is 7.12 Å². The standard InChI is InChI=1S/C14H17BFNO3/c1-10-3-6-13(20-10)9-17(2)8-11-4-5-12(15(18)19)7-14(11)16/h3-7,18-19H,8-9H2,1-2H3. The number of aryl methyl sites for hydroxylation is 1. The Morgan fingerprint density at radius 2 is 1.95 bits per heavy atom. The van der Waals surface area contributed by atoms with Crippen LogP contribution >= 0.6 is 0 Å². The first-order valence-electron chi connectivity index (χ1n) is 6.34. The quantitative estimate of drug-likeness (QED) is 0.802. The van der Waals surface area contributed by atoms with Crippen molar-refractivity contribution in [1.82, 2.24) is 4.90 Å². The molecule has 0 aliphatic rings. The lowest BCUT2D eigenvalue weighted by atomic mass is 9.80.